The Balaban J connectivity index is 1.82. The molecule has 0 amide bonds. The number of hydrogen-bond acceptors (Lipinski definition) is 3. The van der Waals surface area contributed by atoms with E-state index in [1.54, 1.807) is 12.1 Å². The average molecular weight is 471 g/mol. The molecule has 34 heavy (non-hydrogen) atoms. The predicted molar refractivity (Wildman–Crippen MR) is 121 cm³/mol. The molecular formula is C26H21F4NO3. The largest absolute Gasteiger partial charge is 0.488 e. The van der Waals surface area contributed by atoms with Crippen molar-refractivity contribution < 1.29 is 32.2 Å². The van der Waals surface area contributed by atoms with Crippen molar-refractivity contribution in [3.8, 4) is 5.75 Å². The Kier molecular flexibility index (Phi) is 6.32. The number of alkyl halides is 3. The Bertz CT molecular complexity index is 1260. The predicted octanol–water partition coefficient (Wildman–Crippen LogP) is 6.80. The third-order valence-electron chi connectivity index (χ3n) is 5.76. The molecule has 3 aromatic rings. The molecule has 0 saturated carbocycles. The number of nitrogens with two attached hydrogens (primary N) is 1. The summed E-state index contributed by atoms with van der Waals surface area (Å²) >= 11 is 0. The van der Waals surface area contributed by atoms with Crippen LogP contribution in [-0.4, -0.2) is 11.1 Å². The fourth-order valence-electron chi connectivity index (χ4n) is 4.15. The van der Waals surface area contributed by atoms with Gasteiger partial charge in [0.15, 0.2) is 0 Å². The van der Waals surface area contributed by atoms with Crippen molar-refractivity contribution in [2.75, 3.05) is 5.73 Å². The Morgan fingerprint density at radius 2 is 1.62 bits per heavy atom. The monoisotopic (exact) mass is 471 g/mol. The molecule has 0 fully saturated rings. The van der Waals surface area contributed by atoms with Gasteiger partial charge in [-0.2, -0.15) is 13.2 Å². The highest BCUT2D eigenvalue weighted by atomic mass is 19.4. The number of benzene rings is 3. The molecule has 0 unspecified atom stereocenters. The van der Waals surface area contributed by atoms with Gasteiger partial charge in [-0.05, 0) is 84.0 Å². The van der Waals surface area contributed by atoms with Gasteiger partial charge in [0.25, 0.3) is 0 Å². The normalized spacial score (nSPS) is 13.9. The van der Waals surface area contributed by atoms with Gasteiger partial charge in [0, 0.05) is 11.3 Å². The van der Waals surface area contributed by atoms with E-state index in [0.717, 1.165) is 12.1 Å². The van der Waals surface area contributed by atoms with Gasteiger partial charge < -0.3 is 15.6 Å². The third kappa shape index (κ3) is 4.90. The summed E-state index contributed by atoms with van der Waals surface area (Å²) in [6.45, 7) is 0.0313. The number of aromatic carboxylic acids is 1. The minimum atomic E-state index is -4.56. The van der Waals surface area contributed by atoms with Gasteiger partial charge in [-0.3, -0.25) is 0 Å². The van der Waals surface area contributed by atoms with Crippen molar-refractivity contribution in [1.29, 1.82) is 0 Å². The van der Waals surface area contributed by atoms with Crippen molar-refractivity contribution in [3.63, 3.8) is 0 Å². The first-order valence-electron chi connectivity index (χ1n) is 10.6. The zero-order valence-electron chi connectivity index (χ0n) is 18.0. The standard InChI is InChI=1S/C26H21F4NO3/c27-17-7-4-15(5-8-17)14-34-24-11-6-16(26(28,29)30)12-22(24)20-3-1-2-19(20)21-10-9-18(31)13-23(21)25(32)33/h4-13H,1-3,14,31H2,(H,32,33). The van der Waals surface area contributed by atoms with Crippen molar-refractivity contribution in [1.82, 2.24) is 0 Å². The maximum atomic E-state index is 13.5. The number of halogens is 4. The van der Waals surface area contributed by atoms with Crippen molar-refractivity contribution in [3.05, 3.63) is 94.3 Å². The lowest BCUT2D eigenvalue weighted by Gasteiger charge is -2.18. The second kappa shape index (κ2) is 9.21. The summed E-state index contributed by atoms with van der Waals surface area (Å²) in [6, 6.07) is 13.4. The Hall–Kier alpha value is -3.81. The second-order valence-electron chi connectivity index (χ2n) is 8.04. The van der Waals surface area contributed by atoms with Crippen LogP contribution in [0.4, 0.5) is 23.2 Å². The zero-order chi connectivity index (χ0) is 24.5. The topological polar surface area (TPSA) is 72.5 Å². The van der Waals surface area contributed by atoms with Gasteiger partial charge in [-0.25, -0.2) is 9.18 Å². The fourth-order valence-corrected chi connectivity index (χ4v) is 4.15. The second-order valence-corrected chi connectivity index (χ2v) is 8.04. The molecule has 0 saturated heterocycles. The van der Waals surface area contributed by atoms with Crippen LogP contribution in [0.1, 0.15) is 51.9 Å². The Labute approximate surface area is 193 Å². The third-order valence-corrected chi connectivity index (χ3v) is 5.76. The SMILES string of the molecule is Nc1ccc(C2=C(c3cc(C(F)(F)F)ccc3OCc3ccc(F)cc3)CCC2)c(C(=O)O)c1. The first kappa shape index (κ1) is 23.4. The van der Waals surface area contributed by atoms with Crippen LogP contribution in [0.5, 0.6) is 5.75 Å². The highest BCUT2D eigenvalue weighted by Crippen LogP contribution is 2.45. The number of anilines is 1. The number of hydrogen-bond donors (Lipinski definition) is 2. The lowest BCUT2D eigenvalue weighted by atomic mass is 9.92. The van der Waals surface area contributed by atoms with Crippen LogP contribution >= 0.6 is 0 Å². The lowest BCUT2D eigenvalue weighted by Crippen LogP contribution is -2.07. The zero-order valence-corrected chi connectivity index (χ0v) is 18.0. The molecule has 0 aliphatic heterocycles. The van der Waals surface area contributed by atoms with Crippen LogP contribution in [0.15, 0.2) is 60.7 Å². The number of carbonyl (C=O) groups is 1. The summed E-state index contributed by atoms with van der Waals surface area (Å²) in [6.07, 6.45) is -2.93. The Morgan fingerprint density at radius 3 is 2.26 bits per heavy atom. The van der Waals surface area contributed by atoms with Crippen LogP contribution in [0.2, 0.25) is 0 Å². The van der Waals surface area contributed by atoms with Gasteiger partial charge in [-0.15, -0.1) is 0 Å². The van der Waals surface area contributed by atoms with E-state index in [1.165, 1.54) is 36.4 Å². The molecule has 4 nitrogen and oxygen atoms in total. The minimum Gasteiger partial charge on any atom is -0.488 e. The van der Waals surface area contributed by atoms with Gasteiger partial charge in [0.05, 0.1) is 11.1 Å². The molecule has 0 atom stereocenters. The van der Waals surface area contributed by atoms with E-state index in [4.69, 9.17) is 10.5 Å². The lowest BCUT2D eigenvalue weighted by molar-refractivity contribution is -0.137. The van der Waals surface area contributed by atoms with E-state index in [1.807, 2.05) is 0 Å². The number of carboxylic acids is 1. The van der Waals surface area contributed by atoms with E-state index >= 15 is 0 Å². The highest BCUT2D eigenvalue weighted by molar-refractivity contribution is 6.02. The maximum absolute atomic E-state index is 13.5. The minimum absolute atomic E-state index is 0.00448. The quantitative estimate of drug-likeness (QED) is 0.306. The van der Waals surface area contributed by atoms with E-state index in [-0.39, 0.29) is 29.2 Å². The first-order valence-corrected chi connectivity index (χ1v) is 10.6. The Morgan fingerprint density at radius 1 is 0.941 bits per heavy atom. The molecule has 3 N–H and O–H groups in total. The van der Waals surface area contributed by atoms with E-state index in [2.05, 4.69) is 0 Å². The van der Waals surface area contributed by atoms with E-state index in [9.17, 15) is 27.5 Å². The van der Waals surface area contributed by atoms with Gasteiger partial charge in [0.1, 0.15) is 18.2 Å². The smallest absolute Gasteiger partial charge is 0.416 e. The number of ether oxygens (including phenoxy) is 1. The highest BCUT2D eigenvalue weighted by Gasteiger charge is 2.32. The molecule has 1 aliphatic carbocycles. The van der Waals surface area contributed by atoms with E-state index in [0.29, 0.717) is 41.5 Å². The van der Waals surface area contributed by atoms with Crippen LogP contribution < -0.4 is 10.5 Å². The number of nitrogen functional groups attached to an aromatic ring is 1. The maximum Gasteiger partial charge on any atom is 0.416 e. The van der Waals surface area contributed by atoms with Crippen LogP contribution in [-0.2, 0) is 12.8 Å². The van der Waals surface area contributed by atoms with Crippen LogP contribution in [0, 0.1) is 5.82 Å². The number of carboxylic acid groups (broad SMARTS) is 1. The van der Waals surface area contributed by atoms with Crippen molar-refractivity contribution in [2.24, 2.45) is 0 Å². The van der Waals surface area contributed by atoms with Gasteiger partial charge in [-0.1, -0.05) is 18.2 Å². The summed E-state index contributed by atoms with van der Waals surface area (Å²) in [5.74, 6) is -1.34. The molecule has 0 heterocycles. The van der Waals surface area contributed by atoms with Gasteiger partial charge in [0.2, 0.25) is 0 Å². The number of rotatable bonds is 6. The van der Waals surface area contributed by atoms with Crippen molar-refractivity contribution >= 4 is 22.8 Å². The molecule has 0 radical (unpaired) electrons. The molecule has 4 rings (SSSR count). The summed E-state index contributed by atoms with van der Waals surface area (Å²) in [7, 11) is 0. The molecule has 0 aromatic heterocycles. The first-order chi connectivity index (χ1) is 16.1. The molecule has 176 valence electrons. The van der Waals surface area contributed by atoms with Crippen molar-refractivity contribution in [2.45, 2.75) is 32.0 Å². The summed E-state index contributed by atoms with van der Waals surface area (Å²) in [5, 5.41) is 9.66. The average Bonchev–Trinajstić information content (AvgIpc) is 3.27. The molecular weight excluding hydrogens is 450 g/mol. The van der Waals surface area contributed by atoms with E-state index < -0.39 is 23.5 Å². The molecule has 8 heteroatoms. The fraction of sp³-hybridized carbons (Fsp3) is 0.192. The molecule has 1 aliphatic rings. The number of allylic oxidation sites excluding steroid dienone is 2. The van der Waals surface area contributed by atoms with Crippen LogP contribution in [0.25, 0.3) is 11.1 Å². The van der Waals surface area contributed by atoms with Gasteiger partial charge >= 0.3 is 12.1 Å². The molecule has 0 spiro atoms. The van der Waals surface area contributed by atoms with Crippen LogP contribution in [0.3, 0.4) is 0 Å². The molecule has 3 aromatic carbocycles. The summed E-state index contributed by atoms with van der Waals surface area (Å²) in [4.78, 5) is 11.8. The molecule has 0 bridgehead atoms. The summed E-state index contributed by atoms with van der Waals surface area (Å²) < 4.78 is 59.6. The summed E-state index contributed by atoms with van der Waals surface area (Å²) in [5.41, 5.74) is 7.81.